The zero-order valence-electron chi connectivity index (χ0n) is 12.6. The molecule has 0 atom stereocenters. The van der Waals surface area contributed by atoms with Crippen molar-refractivity contribution in [2.45, 2.75) is 20.4 Å². The molecular weight excluding hydrogens is 280 g/mol. The first-order chi connectivity index (χ1) is 10.2. The van der Waals surface area contributed by atoms with Crippen LogP contribution in [0.25, 0.3) is 10.4 Å². The first kappa shape index (κ1) is 15.7. The highest BCUT2D eigenvalue weighted by Gasteiger charge is 2.05. The number of thiophene rings is 1. The molecule has 0 radical (unpaired) electrons. The molecule has 0 fully saturated rings. The maximum Gasteiger partial charge on any atom is 0.222 e. The topological polar surface area (TPSA) is 41.1 Å². The molecule has 0 aliphatic carbocycles. The van der Waals surface area contributed by atoms with E-state index >= 15 is 0 Å². The molecule has 2 rings (SSSR count). The summed E-state index contributed by atoms with van der Waals surface area (Å²) >= 11 is 1.81. The number of carbonyl (C=O) groups is 1. The van der Waals surface area contributed by atoms with Crippen LogP contribution in [0.2, 0.25) is 0 Å². The maximum atomic E-state index is 11.4. The summed E-state index contributed by atoms with van der Waals surface area (Å²) in [6.07, 6.45) is 0. The van der Waals surface area contributed by atoms with Gasteiger partial charge in [0.2, 0.25) is 5.91 Å². The molecule has 0 spiro atoms. The van der Waals surface area contributed by atoms with Crippen molar-refractivity contribution in [1.82, 2.24) is 10.6 Å². The lowest BCUT2D eigenvalue weighted by atomic mass is 10.2. The van der Waals surface area contributed by atoms with Gasteiger partial charge >= 0.3 is 0 Å². The van der Waals surface area contributed by atoms with Crippen molar-refractivity contribution in [3.63, 3.8) is 0 Å². The predicted molar refractivity (Wildman–Crippen MR) is 89.3 cm³/mol. The molecule has 0 saturated heterocycles. The zero-order valence-corrected chi connectivity index (χ0v) is 13.4. The van der Waals surface area contributed by atoms with Crippen molar-refractivity contribution in [2.75, 3.05) is 13.1 Å². The Morgan fingerprint density at radius 3 is 2.57 bits per heavy atom. The molecule has 4 heteroatoms. The van der Waals surface area contributed by atoms with E-state index in [2.05, 4.69) is 47.0 Å². The number of hydrogen-bond donors (Lipinski definition) is 2. The molecule has 3 nitrogen and oxygen atoms in total. The molecular formula is C17H22N2OS. The summed E-state index contributed by atoms with van der Waals surface area (Å²) in [5.41, 5.74) is 1.26. The molecule has 1 aromatic carbocycles. The molecule has 0 aliphatic heterocycles. The molecule has 2 N–H and O–H groups in total. The molecule has 1 aromatic heterocycles. The van der Waals surface area contributed by atoms with Gasteiger partial charge in [0.25, 0.3) is 0 Å². The van der Waals surface area contributed by atoms with Crippen molar-refractivity contribution in [1.29, 1.82) is 0 Å². The van der Waals surface area contributed by atoms with Crippen LogP contribution in [-0.4, -0.2) is 19.0 Å². The summed E-state index contributed by atoms with van der Waals surface area (Å²) in [5.74, 6) is 0.162. The summed E-state index contributed by atoms with van der Waals surface area (Å²) in [4.78, 5) is 14.0. The van der Waals surface area contributed by atoms with Crippen LogP contribution >= 0.6 is 11.3 Å². The van der Waals surface area contributed by atoms with Crippen LogP contribution in [0.4, 0.5) is 0 Å². The van der Waals surface area contributed by atoms with Crippen LogP contribution in [0.15, 0.2) is 42.5 Å². The van der Waals surface area contributed by atoms with Gasteiger partial charge in [-0.3, -0.25) is 4.79 Å². The Morgan fingerprint density at radius 2 is 1.86 bits per heavy atom. The van der Waals surface area contributed by atoms with Crippen LogP contribution in [0.3, 0.4) is 0 Å². The van der Waals surface area contributed by atoms with E-state index in [1.165, 1.54) is 15.3 Å². The lowest BCUT2D eigenvalue weighted by molar-refractivity contribution is -0.123. The number of benzene rings is 1. The van der Waals surface area contributed by atoms with Crippen LogP contribution in [0.5, 0.6) is 0 Å². The summed E-state index contributed by atoms with van der Waals surface area (Å²) in [6.45, 7) is 6.11. The van der Waals surface area contributed by atoms with E-state index in [0.29, 0.717) is 6.54 Å². The molecule has 0 aliphatic rings. The molecule has 21 heavy (non-hydrogen) atoms. The van der Waals surface area contributed by atoms with Crippen molar-refractivity contribution in [3.05, 3.63) is 47.3 Å². The van der Waals surface area contributed by atoms with E-state index in [-0.39, 0.29) is 11.8 Å². The lowest BCUT2D eigenvalue weighted by Crippen LogP contribution is -2.33. The number of rotatable bonds is 7. The third kappa shape index (κ3) is 4.99. The van der Waals surface area contributed by atoms with Crippen LogP contribution < -0.4 is 10.6 Å². The Labute approximate surface area is 130 Å². The Balaban J connectivity index is 1.73. The summed E-state index contributed by atoms with van der Waals surface area (Å²) in [6, 6.07) is 14.7. The van der Waals surface area contributed by atoms with Crippen LogP contribution in [-0.2, 0) is 11.3 Å². The van der Waals surface area contributed by atoms with Crippen molar-refractivity contribution >= 4 is 17.2 Å². The van der Waals surface area contributed by atoms with E-state index in [9.17, 15) is 4.79 Å². The maximum absolute atomic E-state index is 11.4. The third-order valence-corrected chi connectivity index (χ3v) is 4.28. The average Bonchev–Trinajstić information content (AvgIpc) is 2.96. The molecule has 1 amide bonds. The van der Waals surface area contributed by atoms with Gasteiger partial charge in [0, 0.05) is 35.3 Å². The van der Waals surface area contributed by atoms with Crippen LogP contribution in [0.1, 0.15) is 18.7 Å². The quantitative estimate of drug-likeness (QED) is 0.771. The minimum absolute atomic E-state index is 0.0516. The minimum Gasteiger partial charge on any atom is -0.355 e. The molecule has 112 valence electrons. The lowest BCUT2D eigenvalue weighted by Gasteiger charge is -2.07. The minimum atomic E-state index is 0.0516. The number of hydrogen-bond acceptors (Lipinski definition) is 3. The predicted octanol–water partition coefficient (Wildman–Crippen LogP) is 3.28. The molecule has 0 unspecified atom stereocenters. The highest BCUT2D eigenvalue weighted by molar-refractivity contribution is 7.15. The second-order valence-electron chi connectivity index (χ2n) is 5.25. The largest absolute Gasteiger partial charge is 0.355 e. The Kier molecular flexibility index (Phi) is 5.96. The highest BCUT2D eigenvalue weighted by atomic mass is 32.1. The summed E-state index contributed by atoms with van der Waals surface area (Å²) < 4.78 is 0. The first-order valence-electron chi connectivity index (χ1n) is 7.29. The second kappa shape index (κ2) is 7.96. The normalized spacial score (nSPS) is 10.8. The van der Waals surface area contributed by atoms with E-state index in [1.54, 1.807) is 11.3 Å². The Bertz CT molecular complexity index is 563. The number of amides is 1. The molecule has 0 bridgehead atoms. The first-order valence-corrected chi connectivity index (χ1v) is 8.11. The van der Waals surface area contributed by atoms with E-state index in [4.69, 9.17) is 0 Å². The van der Waals surface area contributed by atoms with Crippen LogP contribution in [0, 0.1) is 5.92 Å². The van der Waals surface area contributed by atoms with Gasteiger partial charge in [-0.1, -0.05) is 44.2 Å². The van der Waals surface area contributed by atoms with Crippen molar-refractivity contribution in [3.8, 4) is 10.4 Å². The van der Waals surface area contributed by atoms with Gasteiger partial charge in [-0.05, 0) is 17.7 Å². The fourth-order valence-electron chi connectivity index (χ4n) is 1.92. The molecule has 2 aromatic rings. The summed E-state index contributed by atoms with van der Waals surface area (Å²) in [5, 5.41) is 6.26. The molecule has 0 saturated carbocycles. The van der Waals surface area contributed by atoms with Gasteiger partial charge in [0.05, 0.1) is 0 Å². The monoisotopic (exact) mass is 302 g/mol. The molecule has 1 heterocycles. The van der Waals surface area contributed by atoms with Crippen molar-refractivity contribution < 1.29 is 4.79 Å². The highest BCUT2D eigenvalue weighted by Crippen LogP contribution is 2.27. The van der Waals surface area contributed by atoms with E-state index in [1.807, 2.05) is 19.9 Å². The third-order valence-electron chi connectivity index (χ3n) is 3.14. The fourth-order valence-corrected chi connectivity index (χ4v) is 2.90. The van der Waals surface area contributed by atoms with Gasteiger partial charge in [0.1, 0.15) is 0 Å². The van der Waals surface area contributed by atoms with Gasteiger partial charge in [-0.2, -0.15) is 0 Å². The van der Waals surface area contributed by atoms with Crippen molar-refractivity contribution in [2.24, 2.45) is 5.92 Å². The summed E-state index contributed by atoms with van der Waals surface area (Å²) in [7, 11) is 0. The van der Waals surface area contributed by atoms with Gasteiger partial charge in [-0.25, -0.2) is 0 Å². The Morgan fingerprint density at radius 1 is 1.10 bits per heavy atom. The second-order valence-corrected chi connectivity index (χ2v) is 6.42. The number of carbonyl (C=O) groups excluding carboxylic acids is 1. The zero-order chi connectivity index (χ0) is 15.1. The average molecular weight is 302 g/mol. The van der Waals surface area contributed by atoms with Gasteiger partial charge in [0.15, 0.2) is 0 Å². The number of nitrogens with one attached hydrogen (secondary N) is 2. The fraction of sp³-hybridized carbons (Fsp3) is 0.353. The Hall–Kier alpha value is -1.65. The van der Waals surface area contributed by atoms with Gasteiger partial charge in [-0.15, -0.1) is 11.3 Å². The van der Waals surface area contributed by atoms with E-state index < -0.39 is 0 Å². The standard InChI is InChI=1S/C17H22N2OS/c1-13(2)17(20)19-11-10-18-12-15-8-9-16(21-15)14-6-4-3-5-7-14/h3-9,13,18H,10-12H2,1-2H3,(H,19,20). The van der Waals surface area contributed by atoms with E-state index in [0.717, 1.165) is 13.1 Å². The SMILES string of the molecule is CC(C)C(=O)NCCNCc1ccc(-c2ccccc2)s1. The smallest absolute Gasteiger partial charge is 0.222 e. The van der Waals surface area contributed by atoms with Gasteiger partial charge < -0.3 is 10.6 Å².